The largest absolute Gasteiger partial charge is 0.339 e. The average molecular weight is 403 g/mol. The van der Waals surface area contributed by atoms with E-state index in [4.69, 9.17) is 0 Å². The maximum absolute atomic E-state index is 12.6. The molecule has 0 bridgehead atoms. The maximum atomic E-state index is 12.6. The quantitative estimate of drug-likeness (QED) is 0.661. The Labute approximate surface area is 138 Å². The van der Waals surface area contributed by atoms with Crippen molar-refractivity contribution in [1.82, 2.24) is 4.90 Å². The zero-order valence-electron chi connectivity index (χ0n) is 11.7. The van der Waals surface area contributed by atoms with Gasteiger partial charge in [-0.05, 0) is 30.5 Å². The smallest absolute Gasteiger partial charge is 0.227 e. The molecule has 0 heterocycles. The lowest BCUT2D eigenvalue weighted by Gasteiger charge is -2.34. The van der Waals surface area contributed by atoms with Gasteiger partial charge in [-0.3, -0.25) is 4.79 Å². The van der Waals surface area contributed by atoms with Crippen LogP contribution in [0.15, 0.2) is 28.7 Å². The zero-order chi connectivity index (χ0) is 14.4. The Morgan fingerprint density at radius 2 is 1.80 bits per heavy atom. The summed E-state index contributed by atoms with van der Waals surface area (Å²) < 4.78 is 1.05. The summed E-state index contributed by atoms with van der Waals surface area (Å²) in [5, 5.41) is 0.857. The predicted octanol–water partition coefficient (Wildman–Crippen LogP) is 4.55. The van der Waals surface area contributed by atoms with Crippen LogP contribution in [0, 0.1) is 0 Å². The first kappa shape index (κ1) is 16.0. The molecule has 0 radical (unpaired) electrons. The van der Waals surface area contributed by atoms with Crippen molar-refractivity contribution in [3.05, 3.63) is 34.3 Å². The van der Waals surface area contributed by atoms with Gasteiger partial charge in [-0.1, -0.05) is 63.3 Å². The van der Waals surface area contributed by atoms with E-state index in [0.717, 1.165) is 21.9 Å². The molecule has 1 saturated carbocycles. The van der Waals surface area contributed by atoms with Crippen LogP contribution in [0.5, 0.6) is 0 Å². The van der Waals surface area contributed by atoms with E-state index in [1.807, 2.05) is 24.3 Å². The molecule has 0 saturated heterocycles. The van der Waals surface area contributed by atoms with Crippen LogP contribution in [0.1, 0.15) is 37.7 Å². The molecule has 0 atom stereocenters. The molecule has 110 valence electrons. The van der Waals surface area contributed by atoms with Gasteiger partial charge >= 0.3 is 0 Å². The van der Waals surface area contributed by atoms with Crippen LogP contribution in [0.4, 0.5) is 0 Å². The van der Waals surface area contributed by atoms with E-state index in [9.17, 15) is 4.79 Å². The maximum Gasteiger partial charge on any atom is 0.227 e. The summed E-state index contributed by atoms with van der Waals surface area (Å²) in [6.45, 7) is 0.819. The Hall–Kier alpha value is -0.350. The van der Waals surface area contributed by atoms with Crippen molar-refractivity contribution in [3.63, 3.8) is 0 Å². The standard InChI is InChI=1S/C16H21Br2NO/c17-10-11-19(15-4-2-1-3-5-15)16(20)12-13-6-8-14(18)9-7-13/h6-9,15H,1-5,10-12H2. The van der Waals surface area contributed by atoms with Crippen molar-refractivity contribution in [2.45, 2.75) is 44.6 Å². The summed E-state index contributed by atoms with van der Waals surface area (Å²) >= 11 is 6.91. The molecule has 1 aliphatic carbocycles. The Balaban J connectivity index is 2.00. The normalized spacial score (nSPS) is 16.1. The topological polar surface area (TPSA) is 20.3 Å². The number of alkyl halides is 1. The summed E-state index contributed by atoms with van der Waals surface area (Å²) in [6, 6.07) is 8.49. The van der Waals surface area contributed by atoms with Gasteiger partial charge in [-0.15, -0.1) is 0 Å². The third-order valence-electron chi connectivity index (χ3n) is 3.93. The Morgan fingerprint density at radius 1 is 1.15 bits per heavy atom. The monoisotopic (exact) mass is 401 g/mol. The summed E-state index contributed by atoms with van der Waals surface area (Å²) in [5.41, 5.74) is 1.09. The second kappa shape index (κ2) is 8.18. The van der Waals surface area contributed by atoms with Gasteiger partial charge < -0.3 is 4.90 Å². The molecular weight excluding hydrogens is 382 g/mol. The molecule has 2 rings (SSSR count). The summed E-state index contributed by atoms with van der Waals surface area (Å²) in [7, 11) is 0. The second-order valence-corrected chi connectivity index (χ2v) is 7.08. The van der Waals surface area contributed by atoms with E-state index in [-0.39, 0.29) is 5.91 Å². The van der Waals surface area contributed by atoms with Crippen LogP contribution in [-0.4, -0.2) is 28.7 Å². The minimum atomic E-state index is 0.263. The highest BCUT2D eigenvalue weighted by Crippen LogP contribution is 2.23. The predicted molar refractivity (Wildman–Crippen MR) is 90.2 cm³/mol. The molecule has 1 amide bonds. The molecule has 1 aromatic carbocycles. The molecule has 20 heavy (non-hydrogen) atoms. The summed E-state index contributed by atoms with van der Waals surface area (Å²) in [6.07, 6.45) is 6.68. The first-order chi connectivity index (χ1) is 9.70. The fourth-order valence-corrected chi connectivity index (χ4v) is 3.52. The van der Waals surface area contributed by atoms with Crippen molar-refractivity contribution >= 4 is 37.8 Å². The number of hydrogen-bond acceptors (Lipinski definition) is 1. The van der Waals surface area contributed by atoms with Gasteiger partial charge in [0.1, 0.15) is 0 Å². The van der Waals surface area contributed by atoms with Gasteiger partial charge in [-0.2, -0.15) is 0 Å². The number of rotatable bonds is 5. The summed E-state index contributed by atoms with van der Waals surface area (Å²) in [4.78, 5) is 14.7. The highest BCUT2D eigenvalue weighted by atomic mass is 79.9. The Bertz CT molecular complexity index is 427. The number of benzene rings is 1. The number of carbonyl (C=O) groups excluding carboxylic acids is 1. The number of carbonyl (C=O) groups is 1. The highest BCUT2D eigenvalue weighted by Gasteiger charge is 2.24. The molecule has 1 fully saturated rings. The van der Waals surface area contributed by atoms with E-state index in [0.29, 0.717) is 12.5 Å². The number of halogens is 2. The summed E-state index contributed by atoms with van der Waals surface area (Å²) in [5.74, 6) is 0.263. The molecule has 0 aliphatic heterocycles. The molecule has 0 unspecified atom stereocenters. The van der Waals surface area contributed by atoms with Gasteiger partial charge in [0.2, 0.25) is 5.91 Å². The first-order valence-electron chi connectivity index (χ1n) is 7.30. The van der Waals surface area contributed by atoms with Gasteiger partial charge in [0.25, 0.3) is 0 Å². The molecule has 1 aliphatic rings. The van der Waals surface area contributed by atoms with Gasteiger partial charge in [0, 0.05) is 22.4 Å². The highest BCUT2D eigenvalue weighted by molar-refractivity contribution is 9.10. The van der Waals surface area contributed by atoms with E-state index < -0.39 is 0 Å². The van der Waals surface area contributed by atoms with Crippen LogP contribution >= 0.6 is 31.9 Å². The molecular formula is C16H21Br2NO. The van der Waals surface area contributed by atoms with E-state index in [1.54, 1.807) is 0 Å². The Kier molecular flexibility index (Phi) is 6.56. The lowest BCUT2D eigenvalue weighted by molar-refractivity contribution is -0.133. The van der Waals surface area contributed by atoms with Crippen LogP contribution in [0.3, 0.4) is 0 Å². The minimum Gasteiger partial charge on any atom is -0.339 e. The van der Waals surface area contributed by atoms with Crippen molar-refractivity contribution in [1.29, 1.82) is 0 Å². The van der Waals surface area contributed by atoms with Crippen molar-refractivity contribution in [2.24, 2.45) is 0 Å². The SMILES string of the molecule is O=C(Cc1ccc(Br)cc1)N(CCBr)C1CCCCC1. The molecule has 0 aromatic heterocycles. The fourth-order valence-electron chi connectivity index (χ4n) is 2.87. The lowest BCUT2D eigenvalue weighted by Crippen LogP contribution is -2.43. The third kappa shape index (κ3) is 4.59. The van der Waals surface area contributed by atoms with Crippen LogP contribution in [0.25, 0.3) is 0 Å². The number of nitrogens with zero attached hydrogens (tertiary/aromatic N) is 1. The van der Waals surface area contributed by atoms with E-state index >= 15 is 0 Å². The Morgan fingerprint density at radius 3 is 2.40 bits per heavy atom. The first-order valence-corrected chi connectivity index (χ1v) is 9.22. The van der Waals surface area contributed by atoms with Crippen molar-refractivity contribution < 1.29 is 4.79 Å². The fraction of sp³-hybridized carbons (Fsp3) is 0.562. The molecule has 1 aromatic rings. The van der Waals surface area contributed by atoms with Crippen LogP contribution in [-0.2, 0) is 11.2 Å². The molecule has 2 nitrogen and oxygen atoms in total. The number of hydrogen-bond donors (Lipinski definition) is 0. The minimum absolute atomic E-state index is 0.263. The van der Waals surface area contributed by atoms with Gasteiger partial charge in [-0.25, -0.2) is 0 Å². The average Bonchev–Trinajstić information content (AvgIpc) is 2.48. The van der Waals surface area contributed by atoms with E-state index in [2.05, 4.69) is 36.8 Å². The molecule has 0 N–H and O–H groups in total. The zero-order valence-corrected chi connectivity index (χ0v) is 14.8. The van der Waals surface area contributed by atoms with Crippen molar-refractivity contribution in [3.8, 4) is 0 Å². The van der Waals surface area contributed by atoms with Gasteiger partial charge in [0.15, 0.2) is 0 Å². The second-order valence-electron chi connectivity index (χ2n) is 5.37. The van der Waals surface area contributed by atoms with Crippen LogP contribution < -0.4 is 0 Å². The number of amides is 1. The lowest BCUT2D eigenvalue weighted by atomic mass is 9.94. The van der Waals surface area contributed by atoms with Crippen LogP contribution in [0.2, 0.25) is 0 Å². The van der Waals surface area contributed by atoms with Gasteiger partial charge in [0.05, 0.1) is 6.42 Å². The van der Waals surface area contributed by atoms with E-state index in [1.165, 1.54) is 32.1 Å². The van der Waals surface area contributed by atoms with Crippen molar-refractivity contribution in [2.75, 3.05) is 11.9 Å². The molecule has 4 heteroatoms. The third-order valence-corrected chi connectivity index (χ3v) is 4.81. The molecule has 0 spiro atoms.